The first-order chi connectivity index (χ1) is 14.9. The molecule has 2 aromatic carbocycles. The minimum atomic E-state index is -0.588. The number of morpholine rings is 1. The molecule has 2 heterocycles. The van der Waals surface area contributed by atoms with E-state index in [1.54, 1.807) is 24.3 Å². The molecule has 1 atom stereocenters. The summed E-state index contributed by atoms with van der Waals surface area (Å²) in [7, 11) is 0. The van der Waals surface area contributed by atoms with Crippen LogP contribution in [0.5, 0.6) is 0 Å². The number of ether oxygens (including phenoxy) is 2. The number of amides is 2. The van der Waals surface area contributed by atoms with Gasteiger partial charge in [0.25, 0.3) is 5.91 Å². The zero-order valence-electron chi connectivity index (χ0n) is 16.5. The normalized spacial score (nSPS) is 18.8. The molecule has 0 saturated carbocycles. The lowest BCUT2D eigenvalue weighted by molar-refractivity contribution is 0.0913. The SMILES string of the molecule is O=C(NC[C@H]1CN(c2ccc(N3CCOCC3)c(F)c2)C(=O)O1)c1cc(Cl)ccc1S. The summed E-state index contributed by atoms with van der Waals surface area (Å²) in [6.45, 7) is 2.64. The molecule has 2 saturated heterocycles. The molecule has 0 aromatic heterocycles. The summed E-state index contributed by atoms with van der Waals surface area (Å²) >= 11 is 10.2. The highest BCUT2D eigenvalue weighted by Gasteiger charge is 2.33. The van der Waals surface area contributed by atoms with Gasteiger partial charge in [-0.25, -0.2) is 9.18 Å². The van der Waals surface area contributed by atoms with Crippen molar-refractivity contribution in [1.29, 1.82) is 0 Å². The summed E-state index contributed by atoms with van der Waals surface area (Å²) < 4.78 is 25.3. The molecule has 1 N–H and O–H groups in total. The van der Waals surface area contributed by atoms with Crippen molar-refractivity contribution < 1.29 is 23.5 Å². The molecule has 0 unspecified atom stereocenters. The highest BCUT2D eigenvalue weighted by atomic mass is 35.5. The molecule has 0 spiro atoms. The van der Waals surface area contributed by atoms with Gasteiger partial charge in [-0.1, -0.05) is 11.6 Å². The Morgan fingerprint density at radius 3 is 2.74 bits per heavy atom. The lowest BCUT2D eigenvalue weighted by Crippen LogP contribution is -2.37. The highest BCUT2D eigenvalue weighted by molar-refractivity contribution is 7.80. The molecule has 2 amide bonds. The predicted molar refractivity (Wildman–Crippen MR) is 118 cm³/mol. The van der Waals surface area contributed by atoms with Gasteiger partial charge in [0, 0.05) is 23.0 Å². The van der Waals surface area contributed by atoms with E-state index < -0.39 is 18.0 Å². The van der Waals surface area contributed by atoms with Gasteiger partial charge < -0.3 is 19.7 Å². The van der Waals surface area contributed by atoms with Crippen molar-refractivity contribution >= 4 is 47.6 Å². The second-order valence-electron chi connectivity index (χ2n) is 7.22. The van der Waals surface area contributed by atoms with E-state index in [9.17, 15) is 14.0 Å². The molecule has 0 aliphatic carbocycles. The summed E-state index contributed by atoms with van der Waals surface area (Å²) in [5.41, 5.74) is 1.21. The Labute approximate surface area is 189 Å². The van der Waals surface area contributed by atoms with Crippen LogP contribution in [0.4, 0.5) is 20.6 Å². The lowest BCUT2D eigenvalue weighted by atomic mass is 10.2. The Bertz CT molecular complexity index is 1000. The summed E-state index contributed by atoms with van der Waals surface area (Å²) in [6, 6.07) is 9.46. The van der Waals surface area contributed by atoms with Crippen LogP contribution >= 0.6 is 24.2 Å². The lowest BCUT2D eigenvalue weighted by Gasteiger charge is -2.29. The van der Waals surface area contributed by atoms with Gasteiger partial charge in [-0.15, -0.1) is 12.6 Å². The van der Waals surface area contributed by atoms with E-state index in [-0.39, 0.29) is 19.0 Å². The van der Waals surface area contributed by atoms with Crippen molar-refractivity contribution in [3.63, 3.8) is 0 Å². The first-order valence-electron chi connectivity index (χ1n) is 9.79. The van der Waals surface area contributed by atoms with Crippen LogP contribution in [-0.4, -0.2) is 57.5 Å². The molecule has 2 aliphatic heterocycles. The van der Waals surface area contributed by atoms with E-state index in [0.717, 1.165) is 0 Å². The molecule has 7 nitrogen and oxygen atoms in total. The fraction of sp³-hybridized carbons (Fsp3) is 0.333. The van der Waals surface area contributed by atoms with Crippen LogP contribution in [-0.2, 0) is 9.47 Å². The fourth-order valence-electron chi connectivity index (χ4n) is 3.55. The van der Waals surface area contributed by atoms with E-state index >= 15 is 0 Å². The number of halogens is 2. The Kier molecular flexibility index (Phi) is 6.54. The molecule has 0 radical (unpaired) electrons. The van der Waals surface area contributed by atoms with Gasteiger partial charge >= 0.3 is 6.09 Å². The van der Waals surface area contributed by atoms with E-state index in [0.29, 0.717) is 53.2 Å². The van der Waals surface area contributed by atoms with Crippen LogP contribution in [0.2, 0.25) is 5.02 Å². The van der Waals surface area contributed by atoms with E-state index in [4.69, 9.17) is 21.1 Å². The van der Waals surface area contributed by atoms with Gasteiger partial charge in [0.2, 0.25) is 0 Å². The summed E-state index contributed by atoms with van der Waals surface area (Å²) in [4.78, 5) is 28.5. The van der Waals surface area contributed by atoms with E-state index in [1.807, 2.05) is 4.90 Å². The Balaban J connectivity index is 1.38. The van der Waals surface area contributed by atoms with Gasteiger partial charge in [0.1, 0.15) is 11.9 Å². The van der Waals surface area contributed by atoms with Crippen LogP contribution in [0, 0.1) is 5.82 Å². The average molecular weight is 466 g/mol. The molecule has 2 fully saturated rings. The molecule has 0 bridgehead atoms. The third-order valence-electron chi connectivity index (χ3n) is 5.16. The van der Waals surface area contributed by atoms with Crippen LogP contribution in [0.25, 0.3) is 0 Å². The maximum absolute atomic E-state index is 14.7. The Morgan fingerprint density at radius 2 is 2.00 bits per heavy atom. The summed E-state index contributed by atoms with van der Waals surface area (Å²) in [5.74, 6) is -0.783. The number of benzene rings is 2. The number of nitrogens with zero attached hydrogens (tertiary/aromatic N) is 2. The quantitative estimate of drug-likeness (QED) is 0.663. The number of cyclic esters (lactones) is 1. The predicted octanol–water partition coefficient (Wildman–Crippen LogP) is 3.36. The van der Waals surface area contributed by atoms with Crippen molar-refractivity contribution in [2.24, 2.45) is 0 Å². The average Bonchev–Trinajstić information content (AvgIpc) is 3.14. The summed E-state index contributed by atoms with van der Waals surface area (Å²) in [6.07, 6.45) is -1.16. The minimum Gasteiger partial charge on any atom is -0.442 e. The first kappa shape index (κ1) is 21.7. The van der Waals surface area contributed by atoms with Gasteiger partial charge in [-0.05, 0) is 36.4 Å². The number of carbonyl (C=O) groups is 2. The number of thiol groups is 1. The van der Waals surface area contributed by atoms with Crippen LogP contribution < -0.4 is 15.1 Å². The van der Waals surface area contributed by atoms with Crippen LogP contribution in [0.1, 0.15) is 10.4 Å². The maximum Gasteiger partial charge on any atom is 0.414 e. The van der Waals surface area contributed by atoms with E-state index in [2.05, 4.69) is 17.9 Å². The molecule has 2 aliphatic rings. The van der Waals surface area contributed by atoms with Gasteiger partial charge in [-0.3, -0.25) is 9.69 Å². The molecule has 2 aromatic rings. The first-order valence-corrected chi connectivity index (χ1v) is 10.6. The molecule has 31 heavy (non-hydrogen) atoms. The van der Waals surface area contributed by atoms with Gasteiger partial charge in [0.05, 0.1) is 43.2 Å². The summed E-state index contributed by atoms with van der Waals surface area (Å²) in [5, 5.41) is 3.14. The molecule has 10 heteroatoms. The second-order valence-corrected chi connectivity index (χ2v) is 8.14. The largest absolute Gasteiger partial charge is 0.442 e. The molecule has 4 rings (SSSR count). The van der Waals surface area contributed by atoms with Crippen molar-refractivity contribution in [1.82, 2.24) is 5.32 Å². The third-order valence-corrected chi connectivity index (χ3v) is 5.79. The maximum atomic E-state index is 14.7. The fourth-order valence-corrected chi connectivity index (χ4v) is 3.97. The van der Waals surface area contributed by atoms with Crippen molar-refractivity contribution in [2.75, 3.05) is 49.2 Å². The number of carbonyl (C=O) groups excluding carboxylic acids is 2. The van der Waals surface area contributed by atoms with Crippen molar-refractivity contribution in [3.8, 4) is 0 Å². The number of anilines is 2. The monoisotopic (exact) mass is 465 g/mol. The second kappa shape index (κ2) is 9.33. The Morgan fingerprint density at radius 1 is 1.23 bits per heavy atom. The smallest absolute Gasteiger partial charge is 0.414 e. The highest BCUT2D eigenvalue weighted by Crippen LogP contribution is 2.28. The van der Waals surface area contributed by atoms with Crippen LogP contribution in [0.15, 0.2) is 41.3 Å². The Hall–Kier alpha value is -2.49. The van der Waals surface area contributed by atoms with Crippen molar-refractivity contribution in [2.45, 2.75) is 11.0 Å². The number of rotatable bonds is 5. The number of hydrogen-bond acceptors (Lipinski definition) is 6. The van der Waals surface area contributed by atoms with Crippen molar-refractivity contribution in [3.05, 3.63) is 52.8 Å². The van der Waals surface area contributed by atoms with Gasteiger partial charge in [-0.2, -0.15) is 0 Å². The zero-order chi connectivity index (χ0) is 22.0. The zero-order valence-corrected chi connectivity index (χ0v) is 18.2. The molecule has 164 valence electrons. The number of nitrogens with one attached hydrogen (secondary N) is 1. The minimum absolute atomic E-state index is 0.106. The van der Waals surface area contributed by atoms with Gasteiger partial charge in [0.15, 0.2) is 0 Å². The number of hydrogen-bond donors (Lipinski definition) is 2. The standard InChI is InChI=1S/C21H21ClFN3O4S/c22-13-1-4-19(31)16(9-13)20(27)24-11-15-12-26(21(28)30-15)14-2-3-18(17(23)10-14)25-5-7-29-8-6-25/h1-4,9-10,15,31H,5-8,11-12H2,(H,24,27)/t15-/m0/s1. The third kappa shape index (κ3) is 4.89. The van der Waals surface area contributed by atoms with Crippen LogP contribution in [0.3, 0.4) is 0 Å². The topological polar surface area (TPSA) is 71.1 Å². The molecular weight excluding hydrogens is 445 g/mol. The van der Waals surface area contributed by atoms with E-state index in [1.165, 1.54) is 17.0 Å². The molecular formula is C21H21ClFN3O4S.